The average Bonchev–Trinajstić information content (AvgIpc) is 3.39. The van der Waals surface area contributed by atoms with Crippen molar-refractivity contribution in [3.63, 3.8) is 0 Å². The summed E-state index contributed by atoms with van der Waals surface area (Å²) < 4.78 is 42.1. The van der Waals surface area contributed by atoms with Crippen LogP contribution in [0, 0.1) is 0 Å². The number of nitrogens with zero attached hydrogens (tertiary/aromatic N) is 1. The molecule has 3 aromatic rings. The summed E-state index contributed by atoms with van der Waals surface area (Å²) in [6.45, 7) is 1.42. The zero-order valence-corrected chi connectivity index (χ0v) is 20.9. The smallest absolute Gasteiger partial charge is 0.407 e. The maximum Gasteiger partial charge on any atom is 0.407 e. The number of ether oxygens (including phenoxy) is 2. The lowest BCUT2D eigenvalue weighted by atomic mass is 10.1. The summed E-state index contributed by atoms with van der Waals surface area (Å²) in [5, 5.41) is 12.8. The van der Waals surface area contributed by atoms with Crippen LogP contribution in [0.25, 0.3) is 11.3 Å². The second kappa shape index (κ2) is 12.7. The molecule has 3 rings (SSSR count). The van der Waals surface area contributed by atoms with Crippen LogP contribution in [0.5, 0.6) is 5.75 Å². The van der Waals surface area contributed by atoms with Gasteiger partial charge in [0, 0.05) is 24.0 Å². The van der Waals surface area contributed by atoms with Crippen molar-refractivity contribution in [3.05, 3.63) is 60.6 Å². The van der Waals surface area contributed by atoms with E-state index < -0.39 is 28.5 Å². The molecule has 1 aromatic heterocycles. The molecule has 1 heterocycles. The molecule has 1 atom stereocenters. The van der Waals surface area contributed by atoms with E-state index in [9.17, 15) is 18.0 Å². The van der Waals surface area contributed by atoms with E-state index in [4.69, 9.17) is 19.0 Å². The van der Waals surface area contributed by atoms with Crippen LogP contribution in [-0.2, 0) is 25.8 Å². The normalized spacial score (nSPS) is 11.9. The summed E-state index contributed by atoms with van der Waals surface area (Å²) in [7, 11) is -2.62. The summed E-state index contributed by atoms with van der Waals surface area (Å²) >= 11 is 0. The number of amides is 3. The third-order valence-corrected chi connectivity index (χ3v) is 5.39. The van der Waals surface area contributed by atoms with Gasteiger partial charge >= 0.3 is 22.4 Å². The summed E-state index contributed by atoms with van der Waals surface area (Å²) in [4.78, 5) is 28.5. The third kappa shape index (κ3) is 8.79. The molecule has 13 nitrogen and oxygen atoms in total. The zero-order chi connectivity index (χ0) is 26.8. The van der Waals surface area contributed by atoms with Gasteiger partial charge < -0.3 is 29.8 Å². The second-order valence-corrected chi connectivity index (χ2v) is 8.85. The van der Waals surface area contributed by atoms with E-state index in [0.29, 0.717) is 40.4 Å². The third-order valence-electron chi connectivity index (χ3n) is 4.93. The predicted octanol–water partition coefficient (Wildman–Crippen LogP) is 3.22. The van der Waals surface area contributed by atoms with Gasteiger partial charge in [-0.3, -0.25) is 4.18 Å². The standard InChI is InChI=1S/C23H27N5O8S/c1-3-18(13-35-37(24,31)32)36-23(30)26-11-15-5-4-6-16(9-15)27-22(29)28-17-7-8-19(20(10-17)33-2)21-12-25-14-34-21/h4-10,12,14,18H,3,11,13H2,1-2H3,(H,26,30)(H2,24,31,32)(H2,27,28,29). The van der Waals surface area contributed by atoms with Crippen LogP contribution in [0.15, 0.2) is 59.5 Å². The highest BCUT2D eigenvalue weighted by Crippen LogP contribution is 2.32. The Bertz CT molecular complexity index is 1310. The number of benzene rings is 2. The monoisotopic (exact) mass is 533 g/mol. The van der Waals surface area contributed by atoms with Crippen molar-refractivity contribution in [2.45, 2.75) is 26.0 Å². The molecule has 3 amide bonds. The maximum absolute atomic E-state index is 12.5. The van der Waals surface area contributed by atoms with Crippen LogP contribution >= 0.6 is 0 Å². The summed E-state index contributed by atoms with van der Waals surface area (Å²) in [6.07, 6.45) is 1.65. The van der Waals surface area contributed by atoms with E-state index in [1.165, 1.54) is 13.5 Å². The van der Waals surface area contributed by atoms with Crippen LogP contribution < -0.4 is 25.8 Å². The van der Waals surface area contributed by atoms with Crippen LogP contribution in [0.4, 0.5) is 21.0 Å². The minimum absolute atomic E-state index is 0.0999. The Morgan fingerprint density at radius 3 is 2.54 bits per heavy atom. The van der Waals surface area contributed by atoms with Crippen molar-refractivity contribution in [3.8, 4) is 17.1 Å². The summed E-state index contributed by atoms with van der Waals surface area (Å²) in [5.74, 6) is 1.03. The maximum atomic E-state index is 12.5. The molecule has 0 aliphatic heterocycles. The van der Waals surface area contributed by atoms with Gasteiger partial charge in [0.25, 0.3) is 0 Å². The number of hydrogen-bond acceptors (Lipinski definition) is 9. The molecule has 198 valence electrons. The van der Waals surface area contributed by atoms with Crippen molar-refractivity contribution in [2.75, 3.05) is 24.4 Å². The fourth-order valence-corrected chi connectivity index (χ4v) is 3.49. The van der Waals surface area contributed by atoms with Gasteiger partial charge in [0.1, 0.15) is 18.5 Å². The van der Waals surface area contributed by atoms with E-state index in [0.717, 1.165) is 0 Å². The van der Waals surface area contributed by atoms with E-state index >= 15 is 0 Å². The first-order valence-electron chi connectivity index (χ1n) is 11.0. The molecule has 0 aliphatic rings. The minimum Gasteiger partial charge on any atom is -0.496 e. The quantitative estimate of drug-likeness (QED) is 0.287. The molecule has 5 N–H and O–H groups in total. The number of hydrogen-bond donors (Lipinski definition) is 4. The van der Waals surface area contributed by atoms with Gasteiger partial charge in [-0.15, -0.1) is 0 Å². The predicted molar refractivity (Wildman–Crippen MR) is 134 cm³/mol. The first-order valence-corrected chi connectivity index (χ1v) is 12.5. The topological polar surface area (TPSA) is 184 Å². The van der Waals surface area contributed by atoms with E-state index in [1.54, 1.807) is 55.6 Å². The highest BCUT2D eigenvalue weighted by Gasteiger charge is 2.16. The molecule has 0 saturated heterocycles. The number of nitrogens with one attached hydrogen (secondary N) is 3. The van der Waals surface area contributed by atoms with Gasteiger partial charge in [-0.1, -0.05) is 19.1 Å². The Balaban J connectivity index is 1.53. The lowest BCUT2D eigenvalue weighted by molar-refractivity contribution is 0.0643. The zero-order valence-electron chi connectivity index (χ0n) is 20.1. The molecule has 0 radical (unpaired) electrons. The summed E-state index contributed by atoms with van der Waals surface area (Å²) in [6, 6.07) is 11.4. The Morgan fingerprint density at radius 1 is 1.14 bits per heavy atom. The molecular formula is C23H27N5O8S. The van der Waals surface area contributed by atoms with Crippen molar-refractivity contribution >= 4 is 33.8 Å². The fourth-order valence-electron chi connectivity index (χ4n) is 3.15. The average molecular weight is 534 g/mol. The van der Waals surface area contributed by atoms with Crippen molar-refractivity contribution in [1.29, 1.82) is 0 Å². The molecule has 0 saturated carbocycles. The number of oxazole rings is 1. The second-order valence-electron chi connectivity index (χ2n) is 7.63. The minimum atomic E-state index is -4.13. The number of alkyl carbamates (subject to hydrolysis) is 1. The fraction of sp³-hybridized carbons (Fsp3) is 0.261. The Kier molecular flexibility index (Phi) is 9.43. The van der Waals surface area contributed by atoms with E-state index in [2.05, 4.69) is 25.1 Å². The largest absolute Gasteiger partial charge is 0.496 e. The van der Waals surface area contributed by atoms with Crippen LogP contribution in [0.3, 0.4) is 0 Å². The Morgan fingerprint density at radius 2 is 1.89 bits per heavy atom. The van der Waals surface area contributed by atoms with E-state index in [1.807, 2.05) is 0 Å². The van der Waals surface area contributed by atoms with Gasteiger partial charge in [0.05, 0.1) is 18.9 Å². The molecule has 0 aliphatic carbocycles. The van der Waals surface area contributed by atoms with Gasteiger partial charge in [0.2, 0.25) is 0 Å². The molecule has 14 heteroatoms. The molecular weight excluding hydrogens is 506 g/mol. The molecule has 37 heavy (non-hydrogen) atoms. The number of anilines is 2. The number of nitrogens with two attached hydrogens (primary N) is 1. The highest BCUT2D eigenvalue weighted by atomic mass is 32.2. The first kappa shape index (κ1) is 27.4. The molecule has 0 bridgehead atoms. The first-order chi connectivity index (χ1) is 17.7. The lowest BCUT2D eigenvalue weighted by Gasteiger charge is -2.16. The van der Waals surface area contributed by atoms with Gasteiger partial charge in [-0.2, -0.15) is 8.42 Å². The number of carbonyl (C=O) groups is 2. The Hall–Kier alpha value is -4.14. The van der Waals surface area contributed by atoms with Crippen molar-refractivity contribution < 1.29 is 36.1 Å². The molecule has 0 fully saturated rings. The lowest BCUT2D eigenvalue weighted by Crippen LogP contribution is -2.32. The van der Waals surface area contributed by atoms with Crippen molar-refractivity contribution in [2.24, 2.45) is 5.14 Å². The van der Waals surface area contributed by atoms with Crippen LogP contribution in [-0.4, -0.2) is 45.3 Å². The van der Waals surface area contributed by atoms with E-state index in [-0.39, 0.29) is 13.2 Å². The SMILES string of the molecule is CCC(COS(N)(=O)=O)OC(=O)NCc1cccc(NC(=O)Nc2ccc(-c3cnco3)c(OC)c2)c1. The number of urea groups is 1. The molecule has 0 spiro atoms. The Labute approximate surface area is 213 Å². The van der Waals surface area contributed by atoms with Gasteiger partial charge in [-0.05, 0) is 36.2 Å². The number of rotatable bonds is 11. The molecule has 2 aromatic carbocycles. The molecule has 1 unspecified atom stereocenters. The highest BCUT2D eigenvalue weighted by molar-refractivity contribution is 7.84. The summed E-state index contributed by atoms with van der Waals surface area (Å²) in [5.41, 5.74) is 2.35. The van der Waals surface area contributed by atoms with Crippen LogP contribution in [0.1, 0.15) is 18.9 Å². The van der Waals surface area contributed by atoms with Gasteiger partial charge in [-0.25, -0.2) is 19.7 Å². The van der Waals surface area contributed by atoms with Crippen molar-refractivity contribution in [1.82, 2.24) is 10.3 Å². The van der Waals surface area contributed by atoms with Gasteiger partial charge in [0.15, 0.2) is 12.2 Å². The number of aromatic nitrogens is 1. The number of methoxy groups -OCH3 is 1. The van der Waals surface area contributed by atoms with Crippen LogP contribution in [0.2, 0.25) is 0 Å². The number of carbonyl (C=O) groups excluding carboxylic acids is 2.